The van der Waals surface area contributed by atoms with Gasteiger partial charge in [-0.25, -0.2) is 0 Å². The number of likely N-dealkylation sites (tertiary alicyclic amines) is 1. The number of fused-ring (bicyclic) bond motifs is 2. The Morgan fingerprint density at radius 2 is 1.79 bits per heavy atom. The number of H-pyrrole nitrogens is 1. The van der Waals surface area contributed by atoms with Crippen molar-refractivity contribution in [3.63, 3.8) is 0 Å². The predicted molar refractivity (Wildman–Crippen MR) is 139 cm³/mol. The molecule has 3 amide bonds. The van der Waals surface area contributed by atoms with Crippen LogP contribution < -0.4 is 16.8 Å². The van der Waals surface area contributed by atoms with Gasteiger partial charge < -0.3 is 21.7 Å². The minimum Gasteiger partial charge on any atom is -0.366 e. The number of carbonyl (C=O) groups excluding carboxylic acids is 3. The molecular formula is C27H29N9O3. The second-order valence-electron chi connectivity index (χ2n) is 10.2. The number of tetrazole rings is 1. The lowest BCUT2D eigenvalue weighted by molar-refractivity contribution is -0.130. The van der Waals surface area contributed by atoms with Crippen LogP contribution in [0.3, 0.4) is 0 Å². The van der Waals surface area contributed by atoms with Crippen LogP contribution in [0, 0.1) is 11.3 Å². The van der Waals surface area contributed by atoms with E-state index < -0.39 is 23.3 Å². The smallest absolute Gasteiger partial charge is 0.248 e. The van der Waals surface area contributed by atoms with Gasteiger partial charge in [0.15, 0.2) is 5.82 Å². The van der Waals surface area contributed by atoms with E-state index in [4.69, 9.17) is 11.5 Å². The molecular weight excluding hydrogens is 498 g/mol. The molecule has 0 spiro atoms. The Bertz CT molecular complexity index is 1410. The summed E-state index contributed by atoms with van der Waals surface area (Å²) in [4.78, 5) is 38.5. The lowest BCUT2D eigenvalue weighted by Gasteiger charge is -2.41. The minimum absolute atomic E-state index is 0.0720. The van der Waals surface area contributed by atoms with Gasteiger partial charge in [-0.3, -0.25) is 14.4 Å². The number of carbonyl (C=O) groups is 3. The third-order valence-corrected chi connectivity index (χ3v) is 7.74. The zero-order valence-corrected chi connectivity index (χ0v) is 21.5. The number of nitrogens with one attached hydrogen (secondary N) is 2. The number of primary amides is 2. The van der Waals surface area contributed by atoms with Gasteiger partial charge in [0, 0.05) is 23.7 Å². The van der Waals surface area contributed by atoms with E-state index in [0.717, 1.165) is 28.7 Å². The summed E-state index contributed by atoms with van der Waals surface area (Å²) in [6, 6.07) is 12.2. The van der Waals surface area contributed by atoms with Crippen LogP contribution in [0.25, 0.3) is 0 Å². The Hall–Kier alpha value is -4.63. The molecule has 1 fully saturated rings. The van der Waals surface area contributed by atoms with Crippen LogP contribution in [0.5, 0.6) is 0 Å². The molecule has 12 heteroatoms. The van der Waals surface area contributed by atoms with Crippen molar-refractivity contribution in [1.29, 1.82) is 5.26 Å². The number of aromatic amines is 1. The van der Waals surface area contributed by atoms with Gasteiger partial charge in [-0.15, -0.1) is 10.2 Å². The number of nitriles is 1. The van der Waals surface area contributed by atoms with Crippen molar-refractivity contribution in [2.45, 2.75) is 50.1 Å². The maximum absolute atomic E-state index is 12.9. The van der Waals surface area contributed by atoms with Gasteiger partial charge in [-0.1, -0.05) is 17.3 Å². The lowest BCUT2D eigenvalue weighted by atomic mass is 9.63. The van der Waals surface area contributed by atoms with Crippen LogP contribution in [-0.2, 0) is 16.6 Å². The highest BCUT2D eigenvalue weighted by Crippen LogP contribution is 2.48. The molecule has 1 aliphatic heterocycles. The number of hydrogen-bond acceptors (Lipinski definition) is 8. The molecule has 2 aliphatic rings. The van der Waals surface area contributed by atoms with E-state index in [-0.39, 0.29) is 18.5 Å². The van der Waals surface area contributed by atoms with Gasteiger partial charge in [-0.05, 0) is 79.1 Å². The summed E-state index contributed by atoms with van der Waals surface area (Å²) in [6.07, 6.45) is 2.37. The Morgan fingerprint density at radius 3 is 2.33 bits per heavy atom. The second-order valence-corrected chi connectivity index (χ2v) is 10.2. The largest absolute Gasteiger partial charge is 0.366 e. The molecule has 0 saturated carbocycles. The Morgan fingerprint density at radius 1 is 1.15 bits per heavy atom. The first-order chi connectivity index (χ1) is 18.7. The van der Waals surface area contributed by atoms with Crippen molar-refractivity contribution in [3.8, 4) is 6.07 Å². The molecule has 0 bridgehead atoms. The fourth-order valence-corrected chi connectivity index (χ4v) is 5.96. The van der Waals surface area contributed by atoms with E-state index in [1.807, 2.05) is 19.1 Å². The molecule has 12 nitrogen and oxygen atoms in total. The predicted octanol–water partition coefficient (Wildman–Crippen LogP) is 0.519. The van der Waals surface area contributed by atoms with Gasteiger partial charge in [0.2, 0.25) is 17.7 Å². The first kappa shape index (κ1) is 26.0. The number of aromatic nitrogens is 4. The molecule has 200 valence electrons. The van der Waals surface area contributed by atoms with Crippen LogP contribution in [-0.4, -0.2) is 68.4 Å². The normalized spacial score (nSPS) is 18.1. The number of nitrogens with two attached hydrogens (primary N) is 2. The summed E-state index contributed by atoms with van der Waals surface area (Å²) in [6.45, 7) is 2.61. The highest BCUT2D eigenvalue weighted by atomic mass is 16.2. The summed E-state index contributed by atoms with van der Waals surface area (Å²) >= 11 is 0. The Balaban J connectivity index is 1.56. The quantitative estimate of drug-likeness (QED) is 0.325. The van der Waals surface area contributed by atoms with Crippen molar-refractivity contribution in [2.24, 2.45) is 11.5 Å². The van der Waals surface area contributed by atoms with E-state index in [9.17, 15) is 19.6 Å². The SMILES string of the molecule is C[C@@H](CC1(c2nn[nH]n2)c2ccc(C(N)=O)cc2Cc2cc(C(N)=O)ccc21)NCC(=O)N1CCCC1C#N. The molecule has 39 heavy (non-hydrogen) atoms. The number of hydrogen-bond donors (Lipinski definition) is 4. The molecule has 1 aromatic heterocycles. The zero-order chi connectivity index (χ0) is 27.7. The average molecular weight is 528 g/mol. The summed E-state index contributed by atoms with van der Waals surface area (Å²) in [5.41, 5.74) is 14.4. The number of nitrogens with zero attached hydrogens (tertiary/aromatic N) is 5. The second kappa shape index (κ2) is 10.3. The molecule has 1 saturated heterocycles. The van der Waals surface area contributed by atoms with Gasteiger partial charge >= 0.3 is 0 Å². The fourth-order valence-electron chi connectivity index (χ4n) is 5.96. The first-order valence-corrected chi connectivity index (χ1v) is 12.8. The molecule has 6 N–H and O–H groups in total. The van der Waals surface area contributed by atoms with Gasteiger partial charge in [0.25, 0.3) is 0 Å². The molecule has 2 aromatic carbocycles. The fraction of sp³-hybridized carbons (Fsp3) is 0.370. The molecule has 5 rings (SSSR count). The number of amides is 3. The topological polar surface area (TPSA) is 197 Å². The summed E-state index contributed by atoms with van der Waals surface area (Å²) < 4.78 is 0. The number of benzene rings is 2. The van der Waals surface area contributed by atoms with Gasteiger partial charge in [0.05, 0.1) is 18.0 Å². The molecule has 2 atom stereocenters. The van der Waals surface area contributed by atoms with Gasteiger partial charge in [0.1, 0.15) is 6.04 Å². The molecule has 1 unspecified atom stereocenters. The van der Waals surface area contributed by atoms with Crippen LogP contribution in [0.2, 0.25) is 0 Å². The summed E-state index contributed by atoms with van der Waals surface area (Å²) in [5.74, 6) is -0.815. The van der Waals surface area contributed by atoms with E-state index in [0.29, 0.717) is 42.8 Å². The standard InChI is InChI=1S/C27H29N9O3/c1-15(31-14-23(37)36-8-2-3-20(36)13-28)12-27(26-32-34-35-33-26)21-6-4-16(24(29)38)9-18(21)11-19-10-17(25(30)39)5-7-22(19)27/h4-7,9-10,15,20,31H,2-3,8,11-12,14H2,1H3,(H2,29,38)(H2,30,39)(H,32,33,34,35)/t15-,20?/m0/s1. The summed E-state index contributed by atoms with van der Waals surface area (Å²) in [7, 11) is 0. The lowest BCUT2D eigenvalue weighted by Crippen LogP contribution is -2.46. The van der Waals surface area contributed by atoms with E-state index >= 15 is 0 Å². The van der Waals surface area contributed by atoms with E-state index in [1.165, 1.54) is 0 Å². The van der Waals surface area contributed by atoms with Crippen molar-refractivity contribution in [1.82, 2.24) is 30.8 Å². The highest BCUT2D eigenvalue weighted by molar-refractivity contribution is 5.94. The van der Waals surface area contributed by atoms with Gasteiger partial charge in [-0.2, -0.15) is 10.5 Å². The monoisotopic (exact) mass is 527 g/mol. The molecule has 0 radical (unpaired) electrons. The molecule has 2 heterocycles. The van der Waals surface area contributed by atoms with E-state index in [1.54, 1.807) is 29.2 Å². The summed E-state index contributed by atoms with van der Waals surface area (Å²) in [5, 5.41) is 27.9. The van der Waals surface area contributed by atoms with Crippen LogP contribution in [0.1, 0.15) is 75.0 Å². The third-order valence-electron chi connectivity index (χ3n) is 7.74. The van der Waals surface area contributed by atoms with Crippen molar-refractivity contribution in [2.75, 3.05) is 13.1 Å². The Kier molecular flexibility index (Phi) is 6.84. The highest BCUT2D eigenvalue weighted by Gasteiger charge is 2.46. The van der Waals surface area contributed by atoms with Crippen molar-refractivity contribution < 1.29 is 14.4 Å². The first-order valence-electron chi connectivity index (χ1n) is 12.8. The Labute approximate surface area is 224 Å². The van der Waals surface area contributed by atoms with Crippen LogP contribution in [0.15, 0.2) is 36.4 Å². The zero-order valence-electron chi connectivity index (χ0n) is 21.5. The third kappa shape index (κ3) is 4.61. The van der Waals surface area contributed by atoms with Crippen molar-refractivity contribution in [3.05, 3.63) is 75.6 Å². The minimum atomic E-state index is -0.930. The van der Waals surface area contributed by atoms with Crippen molar-refractivity contribution >= 4 is 17.7 Å². The molecule has 1 aliphatic carbocycles. The van der Waals surface area contributed by atoms with Crippen LogP contribution in [0.4, 0.5) is 0 Å². The average Bonchev–Trinajstić information content (AvgIpc) is 3.63. The van der Waals surface area contributed by atoms with Crippen LogP contribution >= 0.6 is 0 Å². The number of rotatable bonds is 8. The van der Waals surface area contributed by atoms with E-state index in [2.05, 4.69) is 32.0 Å². The maximum atomic E-state index is 12.9. The maximum Gasteiger partial charge on any atom is 0.248 e. The molecule has 3 aromatic rings.